The number of ether oxygens (including phenoxy) is 1. The Labute approximate surface area is 190 Å². The molecule has 1 amide bonds. The number of thiazole rings is 1. The van der Waals surface area contributed by atoms with Crippen molar-refractivity contribution in [3.8, 4) is 0 Å². The number of hydrogen-bond donors (Lipinski definition) is 0. The van der Waals surface area contributed by atoms with Gasteiger partial charge in [-0.15, -0.1) is 0 Å². The van der Waals surface area contributed by atoms with Gasteiger partial charge in [0.25, 0.3) is 0 Å². The van der Waals surface area contributed by atoms with Crippen molar-refractivity contribution in [1.82, 2.24) is 14.5 Å². The van der Waals surface area contributed by atoms with E-state index in [1.807, 2.05) is 0 Å². The molecule has 172 valence electrons. The zero-order valence-electron chi connectivity index (χ0n) is 17.5. The quantitative estimate of drug-likeness (QED) is 0.428. The molecule has 1 aliphatic heterocycles. The zero-order chi connectivity index (χ0) is 22.9. The van der Waals surface area contributed by atoms with Crippen LogP contribution in [0.15, 0.2) is 45.6 Å². The van der Waals surface area contributed by atoms with Crippen molar-refractivity contribution in [2.75, 3.05) is 44.3 Å². The summed E-state index contributed by atoms with van der Waals surface area (Å²) in [7, 11) is 0. The third-order valence-corrected chi connectivity index (χ3v) is 6.57. The van der Waals surface area contributed by atoms with Gasteiger partial charge in [-0.1, -0.05) is 23.5 Å². The van der Waals surface area contributed by atoms with Gasteiger partial charge >= 0.3 is 5.76 Å². The first-order chi connectivity index (χ1) is 16.0. The fraction of sp³-hybridized carbons (Fsp3) is 0.318. The summed E-state index contributed by atoms with van der Waals surface area (Å²) < 4.78 is 40.1. The van der Waals surface area contributed by atoms with Crippen LogP contribution in [-0.2, 0) is 16.1 Å². The molecule has 2 aromatic heterocycles. The van der Waals surface area contributed by atoms with Crippen molar-refractivity contribution in [3.05, 3.63) is 58.6 Å². The number of carbonyl (C=O) groups excluding carboxylic acids is 1. The number of amides is 1. The topological polar surface area (TPSA) is 80.8 Å². The van der Waals surface area contributed by atoms with Crippen molar-refractivity contribution in [2.24, 2.45) is 0 Å². The molecule has 5 rings (SSSR count). The minimum Gasteiger partial charge on any atom is -0.408 e. The number of rotatable bonds is 6. The summed E-state index contributed by atoms with van der Waals surface area (Å²) in [4.78, 5) is 33.6. The molecule has 0 radical (unpaired) electrons. The molecule has 0 N–H and O–H groups in total. The molecule has 0 spiro atoms. The van der Waals surface area contributed by atoms with Crippen molar-refractivity contribution in [1.29, 1.82) is 0 Å². The summed E-state index contributed by atoms with van der Waals surface area (Å²) in [5.74, 6) is -2.55. The van der Waals surface area contributed by atoms with E-state index >= 15 is 0 Å². The summed E-state index contributed by atoms with van der Waals surface area (Å²) in [5.41, 5.74) is 0.889. The number of hydrogen-bond acceptors (Lipinski definition) is 7. The lowest BCUT2D eigenvalue weighted by Crippen LogP contribution is -2.44. The van der Waals surface area contributed by atoms with E-state index in [4.69, 9.17) is 9.15 Å². The largest absolute Gasteiger partial charge is 0.420 e. The standard InChI is InChI=1S/C22H20F2N4O4S/c23-14-11-15(24)20-18(12-14)33-21(25-20)27(6-5-26-7-9-31-10-8-26)19(29)13-28-16-3-1-2-4-17(16)32-22(28)30/h1-4,11-12H,5-10,13H2. The lowest BCUT2D eigenvalue weighted by atomic mass is 10.3. The van der Waals surface area contributed by atoms with E-state index in [1.54, 1.807) is 24.3 Å². The first-order valence-corrected chi connectivity index (χ1v) is 11.3. The molecule has 11 heteroatoms. The molecule has 0 unspecified atom stereocenters. The molecule has 4 aromatic rings. The molecular formula is C22H20F2N4O4S. The van der Waals surface area contributed by atoms with Crippen LogP contribution in [0.5, 0.6) is 0 Å². The highest BCUT2D eigenvalue weighted by molar-refractivity contribution is 7.22. The van der Waals surface area contributed by atoms with Gasteiger partial charge in [0.05, 0.1) is 23.4 Å². The predicted octanol–water partition coefficient (Wildman–Crippen LogP) is 2.85. The van der Waals surface area contributed by atoms with Gasteiger partial charge in [0.2, 0.25) is 5.91 Å². The van der Waals surface area contributed by atoms with Crippen molar-refractivity contribution >= 4 is 43.7 Å². The summed E-state index contributed by atoms with van der Waals surface area (Å²) in [6.07, 6.45) is 0. The molecule has 0 bridgehead atoms. The van der Waals surface area contributed by atoms with Gasteiger partial charge in [-0.25, -0.2) is 18.6 Å². The van der Waals surface area contributed by atoms with E-state index in [2.05, 4.69) is 9.88 Å². The van der Waals surface area contributed by atoms with Gasteiger partial charge in [-0.3, -0.25) is 19.2 Å². The summed E-state index contributed by atoms with van der Waals surface area (Å²) >= 11 is 1.03. The molecular weight excluding hydrogens is 454 g/mol. The maximum Gasteiger partial charge on any atom is 0.420 e. The van der Waals surface area contributed by atoms with Crippen LogP contribution in [0.25, 0.3) is 21.3 Å². The number of benzene rings is 2. The van der Waals surface area contributed by atoms with Crippen LogP contribution < -0.4 is 10.7 Å². The second kappa shape index (κ2) is 9.00. The van der Waals surface area contributed by atoms with Gasteiger partial charge in [0.15, 0.2) is 16.5 Å². The van der Waals surface area contributed by atoms with E-state index < -0.39 is 23.3 Å². The van der Waals surface area contributed by atoms with Crippen molar-refractivity contribution < 1.29 is 22.7 Å². The van der Waals surface area contributed by atoms with E-state index in [0.29, 0.717) is 35.6 Å². The van der Waals surface area contributed by atoms with Crippen LogP contribution in [0.3, 0.4) is 0 Å². The van der Waals surface area contributed by atoms with E-state index in [-0.39, 0.29) is 23.7 Å². The molecule has 33 heavy (non-hydrogen) atoms. The normalized spacial score (nSPS) is 14.8. The summed E-state index contributed by atoms with van der Waals surface area (Å²) in [5, 5.41) is 0.244. The van der Waals surface area contributed by atoms with Gasteiger partial charge in [-0.2, -0.15) is 0 Å². The fourth-order valence-corrected chi connectivity index (χ4v) is 4.89. The van der Waals surface area contributed by atoms with Crippen LogP contribution in [0, 0.1) is 11.6 Å². The number of fused-ring (bicyclic) bond motifs is 2. The molecule has 1 saturated heterocycles. The van der Waals surface area contributed by atoms with E-state index in [0.717, 1.165) is 30.5 Å². The fourth-order valence-electron chi connectivity index (χ4n) is 3.84. The Morgan fingerprint density at radius 2 is 1.97 bits per heavy atom. The van der Waals surface area contributed by atoms with Crippen LogP contribution in [0.1, 0.15) is 0 Å². The highest BCUT2D eigenvalue weighted by atomic mass is 32.1. The molecule has 0 aliphatic carbocycles. The minimum atomic E-state index is -0.787. The molecule has 0 saturated carbocycles. The Bertz CT molecular complexity index is 1380. The number of nitrogens with zero attached hydrogens (tertiary/aromatic N) is 4. The van der Waals surface area contributed by atoms with Crippen molar-refractivity contribution in [2.45, 2.75) is 6.54 Å². The Hall–Kier alpha value is -3.15. The van der Waals surface area contributed by atoms with Crippen LogP contribution in [-0.4, -0.2) is 59.8 Å². The molecule has 2 aromatic carbocycles. The monoisotopic (exact) mass is 474 g/mol. The molecule has 1 aliphatic rings. The second-order valence-corrected chi connectivity index (χ2v) is 8.66. The second-order valence-electron chi connectivity index (χ2n) is 7.65. The number of anilines is 1. The lowest BCUT2D eigenvalue weighted by molar-refractivity contribution is -0.119. The minimum absolute atomic E-state index is 0.00602. The number of halogens is 2. The highest BCUT2D eigenvalue weighted by Crippen LogP contribution is 2.31. The van der Waals surface area contributed by atoms with Crippen LogP contribution in [0.4, 0.5) is 13.9 Å². The smallest absolute Gasteiger partial charge is 0.408 e. The Morgan fingerprint density at radius 1 is 1.18 bits per heavy atom. The predicted molar refractivity (Wildman–Crippen MR) is 120 cm³/mol. The number of para-hydroxylation sites is 2. The summed E-state index contributed by atoms with van der Waals surface area (Å²) in [6.45, 7) is 3.22. The summed E-state index contributed by atoms with van der Waals surface area (Å²) in [6, 6.07) is 8.79. The first kappa shape index (κ1) is 21.7. The van der Waals surface area contributed by atoms with Gasteiger partial charge < -0.3 is 9.15 Å². The van der Waals surface area contributed by atoms with E-state index in [1.165, 1.54) is 15.5 Å². The Balaban J connectivity index is 1.47. The average molecular weight is 474 g/mol. The Kier molecular flexibility index (Phi) is 5.92. The lowest BCUT2D eigenvalue weighted by Gasteiger charge is -2.29. The van der Waals surface area contributed by atoms with Crippen LogP contribution >= 0.6 is 11.3 Å². The third kappa shape index (κ3) is 4.39. The van der Waals surface area contributed by atoms with Crippen molar-refractivity contribution in [3.63, 3.8) is 0 Å². The maximum atomic E-state index is 14.3. The number of carbonyl (C=O) groups is 1. The number of oxazole rings is 1. The zero-order valence-corrected chi connectivity index (χ0v) is 18.3. The SMILES string of the molecule is O=C(Cn1c(=O)oc2ccccc21)N(CCN1CCOCC1)c1nc2c(F)cc(F)cc2s1. The molecule has 8 nitrogen and oxygen atoms in total. The average Bonchev–Trinajstić information content (AvgIpc) is 3.36. The van der Waals surface area contributed by atoms with Gasteiger partial charge in [-0.05, 0) is 18.2 Å². The highest BCUT2D eigenvalue weighted by Gasteiger charge is 2.24. The Morgan fingerprint density at radius 3 is 2.79 bits per heavy atom. The number of aromatic nitrogens is 2. The maximum absolute atomic E-state index is 14.3. The molecule has 1 fully saturated rings. The number of morpholine rings is 1. The molecule has 0 atom stereocenters. The molecule has 3 heterocycles. The van der Waals surface area contributed by atoms with Gasteiger partial charge in [0, 0.05) is 32.2 Å². The van der Waals surface area contributed by atoms with Gasteiger partial charge in [0.1, 0.15) is 17.9 Å². The van der Waals surface area contributed by atoms with E-state index in [9.17, 15) is 18.4 Å². The third-order valence-electron chi connectivity index (χ3n) is 5.54. The first-order valence-electron chi connectivity index (χ1n) is 10.4. The van der Waals surface area contributed by atoms with Crippen LogP contribution in [0.2, 0.25) is 0 Å².